The van der Waals surface area contributed by atoms with Gasteiger partial charge in [0.15, 0.2) is 0 Å². The van der Waals surface area contributed by atoms with Gasteiger partial charge in [-0.3, -0.25) is 9.59 Å². The zero-order valence-corrected chi connectivity index (χ0v) is 12.3. The molecule has 0 aromatic heterocycles. The van der Waals surface area contributed by atoms with Gasteiger partial charge in [0.1, 0.15) is 0 Å². The van der Waals surface area contributed by atoms with Crippen molar-refractivity contribution in [2.75, 3.05) is 6.54 Å². The smallest absolute Gasteiger partial charge is 0.308 e. The van der Waals surface area contributed by atoms with Crippen LogP contribution in [-0.4, -0.2) is 23.5 Å². The van der Waals surface area contributed by atoms with E-state index in [0.29, 0.717) is 17.9 Å². The number of amides is 1. The first-order valence-corrected chi connectivity index (χ1v) is 7.06. The largest absolute Gasteiger partial charge is 0.481 e. The summed E-state index contributed by atoms with van der Waals surface area (Å²) in [5, 5.41) is 11.7. The molecule has 0 saturated carbocycles. The van der Waals surface area contributed by atoms with E-state index in [2.05, 4.69) is 19.2 Å². The minimum atomic E-state index is -0.859. The van der Waals surface area contributed by atoms with E-state index in [1.807, 2.05) is 19.1 Å². The molecular formula is C16H23NO3. The summed E-state index contributed by atoms with van der Waals surface area (Å²) in [4.78, 5) is 23.0. The van der Waals surface area contributed by atoms with Crippen LogP contribution in [0.1, 0.15) is 55.5 Å². The van der Waals surface area contributed by atoms with Crippen LogP contribution in [0.5, 0.6) is 0 Å². The van der Waals surface area contributed by atoms with Crippen molar-refractivity contribution in [2.24, 2.45) is 5.92 Å². The Hall–Kier alpha value is -1.84. The van der Waals surface area contributed by atoms with Gasteiger partial charge < -0.3 is 10.4 Å². The Balaban J connectivity index is 2.60. The van der Waals surface area contributed by atoms with Crippen molar-refractivity contribution in [3.63, 3.8) is 0 Å². The maximum absolute atomic E-state index is 12.0. The highest BCUT2D eigenvalue weighted by Crippen LogP contribution is 2.14. The minimum absolute atomic E-state index is 0.175. The van der Waals surface area contributed by atoms with Gasteiger partial charge in [0.2, 0.25) is 0 Å². The van der Waals surface area contributed by atoms with Crippen LogP contribution >= 0.6 is 0 Å². The number of rotatable bonds is 7. The summed E-state index contributed by atoms with van der Waals surface area (Å²) in [6, 6.07) is 7.42. The molecule has 1 aromatic carbocycles. The fourth-order valence-corrected chi connectivity index (χ4v) is 2.00. The van der Waals surface area contributed by atoms with Crippen LogP contribution in [0, 0.1) is 5.92 Å². The van der Waals surface area contributed by atoms with E-state index < -0.39 is 11.9 Å². The topological polar surface area (TPSA) is 66.4 Å². The van der Waals surface area contributed by atoms with E-state index in [1.165, 1.54) is 5.56 Å². The van der Waals surface area contributed by atoms with Crippen LogP contribution in [0.25, 0.3) is 0 Å². The van der Waals surface area contributed by atoms with Gasteiger partial charge in [0.25, 0.3) is 5.91 Å². The summed E-state index contributed by atoms with van der Waals surface area (Å²) in [6.45, 7) is 6.30. The fraction of sp³-hybridized carbons (Fsp3) is 0.500. The van der Waals surface area contributed by atoms with Crippen molar-refractivity contribution in [3.05, 3.63) is 35.4 Å². The maximum Gasteiger partial charge on any atom is 0.308 e. The molecule has 2 N–H and O–H groups in total. The van der Waals surface area contributed by atoms with E-state index in [9.17, 15) is 9.59 Å². The first-order chi connectivity index (χ1) is 9.45. The lowest BCUT2D eigenvalue weighted by molar-refractivity contribution is -0.141. The monoisotopic (exact) mass is 277 g/mol. The lowest BCUT2D eigenvalue weighted by Gasteiger charge is -2.12. The number of carbonyl (C=O) groups is 2. The van der Waals surface area contributed by atoms with Crippen molar-refractivity contribution in [1.29, 1.82) is 0 Å². The van der Waals surface area contributed by atoms with Crippen LogP contribution in [0.2, 0.25) is 0 Å². The molecule has 0 spiro atoms. The Labute approximate surface area is 120 Å². The summed E-state index contributed by atoms with van der Waals surface area (Å²) >= 11 is 0. The molecule has 0 aliphatic rings. The first-order valence-electron chi connectivity index (χ1n) is 7.06. The highest BCUT2D eigenvalue weighted by Gasteiger charge is 2.17. The lowest BCUT2D eigenvalue weighted by Crippen LogP contribution is -2.32. The highest BCUT2D eigenvalue weighted by atomic mass is 16.4. The van der Waals surface area contributed by atoms with Gasteiger partial charge in [-0.1, -0.05) is 39.3 Å². The molecule has 4 nitrogen and oxygen atoms in total. The SMILES string of the molecule is CCCC(CNC(=O)c1ccc(C(C)C)cc1)C(=O)O. The maximum atomic E-state index is 12.0. The second kappa shape index (κ2) is 7.68. The van der Waals surface area contributed by atoms with Gasteiger partial charge in [0.05, 0.1) is 5.92 Å². The van der Waals surface area contributed by atoms with E-state index >= 15 is 0 Å². The number of nitrogens with one attached hydrogen (secondary N) is 1. The molecule has 1 aromatic rings. The third-order valence-electron chi connectivity index (χ3n) is 3.33. The molecule has 20 heavy (non-hydrogen) atoms. The molecule has 0 heterocycles. The quantitative estimate of drug-likeness (QED) is 0.805. The number of aliphatic carboxylic acids is 1. The molecule has 0 fully saturated rings. The van der Waals surface area contributed by atoms with E-state index in [1.54, 1.807) is 12.1 Å². The Kier molecular flexibility index (Phi) is 6.22. The van der Waals surface area contributed by atoms with Gasteiger partial charge in [-0.2, -0.15) is 0 Å². The summed E-state index contributed by atoms with van der Waals surface area (Å²) in [5.41, 5.74) is 1.74. The van der Waals surface area contributed by atoms with Gasteiger partial charge >= 0.3 is 5.97 Å². The Morgan fingerprint density at radius 3 is 2.25 bits per heavy atom. The third kappa shape index (κ3) is 4.68. The van der Waals surface area contributed by atoms with Crippen LogP contribution in [0.4, 0.5) is 0 Å². The number of hydrogen-bond donors (Lipinski definition) is 2. The molecular weight excluding hydrogens is 254 g/mol. The highest BCUT2D eigenvalue weighted by molar-refractivity contribution is 5.94. The average Bonchev–Trinajstić information content (AvgIpc) is 2.42. The van der Waals surface area contributed by atoms with Crippen molar-refractivity contribution in [3.8, 4) is 0 Å². The third-order valence-corrected chi connectivity index (χ3v) is 3.33. The molecule has 4 heteroatoms. The molecule has 1 rings (SSSR count). The predicted octanol–water partition coefficient (Wildman–Crippen LogP) is 3.04. The van der Waals surface area contributed by atoms with Crippen LogP contribution in [0.15, 0.2) is 24.3 Å². The van der Waals surface area contributed by atoms with Crippen LogP contribution < -0.4 is 5.32 Å². The molecule has 1 unspecified atom stereocenters. The molecule has 0 aliphatic heterocycles. The Morgan fingerprint density at radius 2 is 1.80 bits per heavy atom. The molecule has 0 aliphatic carbocycles. The number of carbonyl (C=O) groups excluding carboxylic acids is 1. The molecule has 0 radical (unpaired) electrons. The zero-order chi connectivity index (χ0) is 15.1. The number of hydrogen-bond acceptors (Lipinski definition) is 2. The zero-order valence-electron chi connectivity index (χ0n) is 12.3. The predicted molar refractivity (Wildman–Crippen MR) is 78.9 cm³/mol. The van der Waals surface area contributed by atoms with Crippen molar-refractivity contribution in [2.45, 2.75) is 39.5 Å². The summed E-state index contributed by atoms with van der Waals surface area (Å²) < 4.78 is 0. The molecule has 1 amide bonds. The van der Waals surface area contributed by atoms with Crippen molar-refractivity contribution >= 4 is 11.9 Å². The molecule has 1 atom stereocenters. The summed E-state index contributed by atoms with van der Waals surface area (Å²) in [6.07, 6.45) is 1.36. The minimum Gasteiger partial charge on any atom is -0.481 e. The fourth-order valence-electron chi connectivity index (χ4n) is 2.00. The van der Waals surface area contributed by atoms with Gasteiger partial charge in [0, 0.05) is 12.1 Å². The second-order valence-corrected chi connectivity index (χ2v) is 5.31. The Morgan fingerprint density at radius 1 is 1.20 bits per heavy atom. The van der Waals surface area contributed by atoms with Gasteiger partial charge in [-0.05, 0) is 30.0 Å². The van der Waals surface area contributed by atoms with E-state index in [0.717, 1.165) is 6.42 Å². The van der Waals surface area contributed by atoms with E-state index in [4.69, 9.17) is 5.11 Å². The average molecular weight is 277 g/mol. The molecule has 110 valence electrons. The molecule has 0 bridgehead atoms. The normalized spacial score (nSPS) is 12.2. The summed E-state index contributed by atoms with van der Waals surface area (Å²) in [7, 11) is 0. The summed E-state index contributed by atoms with van der Waals surface area (Å²) in [5.74, 6) is -1.17. The van der Waals surface area contributed by atoms with Crippen LogP contribution in [0.3, 0.4) is 0 Å². The van der Waals surface area contributed by atoms with Gasteiger partial charge in [-0.15, -0.1) is 0 Å². The van der Waals surface area contributed by atoms with Crippen molar-refractivity contribution < 1.29 is 14.7 Å². The number of carboxylic acids is 1. The number of benzene rings is 1. The van der Waals surface area contributed by atoms with E-state index in [-0.39, 0.29) is 12.5 Å². The van der Waals surface area contributed by atoms with Crippen molar-refractivity contribution in [1.82, 2.24) is 5.32 Å². The van der Waals surface area contributed by atoms with Gasteiger partial charge in [-0.25, -0.2) is 0 Å². The second-order valence-electron chi connectivity index (χ2n) is 5.31. The lowest BCUT2D eigenvalue weighted by atomic mass is 10.0. The number of carboxylic acid groups (broad SMARTS) is 1. The molecule has 0 saturated heterocycles. The standard InChI is InChI=1S/C16H23NO3/c1-4-5-14(16(19)20)10-17-15(18)13-8-6-12(7-9-13)11(2)3/h6-9,11,14H,4-5,10H2,1-3H3,(H,17,18)(H,19,20). The Bertz CT molecular complexity index is 451. The van der Waals surface area contributed by atoms with Crippen LogP contribution in [-0.2, 0) is 4.79 Å². The first kappa shape index (κ1) is 16.2.